The molecule has 1 aromatic heterocycles. The topological polar surface area (TPSA) is 92.2 Å². The smallest absolute Gasteiger partial charge is 0.316 e. The molecule has 2 bridgehead atoms. The second-order valence-corrected chi connectivity index (χ2v) is 7.07. The maximum atomic E-state index is 14.6. The zero-order valence-electron chi connectivity index (χ0n) is 13.2. The standard InChI is InChI=1S/C15H14ClF4N3O3/c16-9-8(21-3-4-22-9)5-23-10(24)12-1-2-13(11(25)26,7-14(12,17)18)15(19,20)6-12/h3-4H,1-2,5-7H2,(H,23,24)(H,25,26). The van der Waals surface area contributed by atoms with Crippen LogP contribution in [0.2, 0.25) is 5.15 Å². The molecule has 0 aromatic carbocycles. The van der Waals surface area contributed by atoms with Crippen molar-refractivity contribution >= 4 is 23.5 Å². The Morgan fingerprint density at radius 1 is 1.08 bits per heavy atom. The van der Waals surface area contributed by atoms with Crippen LogP contribution in [0.4, 0.5) is 17.6 Å². The van der Waals surface area contributed by atoms with Gasteiger partial charge in [-0.2, -0.15) is 0 Å². The van der Waals surface area contributed by atoms with Gasteiger partial charge >= 0.3 is 5.97 Å². The van der Waals surface area contributed by atoms with Gasteiger partial charge in [0.1, 0.15) is 10.8 Å². The number of hydrogen-bond donors (Lipinski definition) is 2. The van der Waals surface area contributed by atoms with E-state index < -0.39 is 60.2 Å². The van der Waals surface area contributed by atoms with E-state index in [-0.39, 0.29) is 17.4 Å². The predicted octanol–water partition coefficient (Wildman–Crippen LogP) is 2.66. The van der Waals surface area contributed by atoms with E-state index in [1.807, 2.05) is 0 Å². The van der Waals surface area contributed by atoms with Crippen molar-refractivity contribution in [2.45, 2.75) is 44.1 Å². The van der Waals surface area contributed by atoms with Crippen molar-refractivity contribution in [3.63, 3.8) is 0 Å². The third kappa shape index (κ3) is 2.45. The van der Waals surface area contributed by atoms with Crippen LogP contribution >= 0.6 is 11.6 Å². The third-order valence-electron chi connectivity index (χ3n) is 5.41. The lowest BCUT2D eigenvalue weighted by Crippen LogP contribution is -2.70. The zero-order valence-corrected chi connectivity index (χ0v) is 14.0. The Morgan fingerprint density at radius 2 is 1.62 bits per heavy atom. The number of rotatable bonds is 4. The number of carboxylic acids is 1. The number of carbonyl (C=O) groups excluding carboxylic acids is 1. The maximum absolute atomic E-state index is 14.6. The molecule has 3 aliphatic rings. The van der Waals surface area contributed by atoms with E-state index in [0.717, 1.165) is 0 Å². The molecular weight excluding hydrogens is 382 g/mol. The molecule has 3 saturated carbocycles. The van der Waals surface area contributed by atoms with E-state index in [2.05, 4.69) is 15.3 Å². The van der Waals surface area contributed by atoms with E-state index in [9.17, 15) is 27.2 Å². The fourth-order valence-corrected chi connectivity index (χ4v) is 4.00. The van der Waals surface area contributed by atoms with Gasteiger partial charge < -0.3 is 10.4 Å². The number of aliphatic carboxylic acids is 1. The minimum atomic E-state index is -3.93. The summed E-state index contributed by atoms with van der Waals surface area (Å²) < 4.78 is 58.2. The van der Waals surface area contributed by atoms with Gasteiger partial charge in [0.15, 0.2) is 5.15 Å². The van der Waals surface area contributed by atoms with Crippen molar-refractivity contribution in [3.8, 4) is 0 Å². The summed E-state index contributed by atoms with van der Waals surface area (Å²) in [5, 5.41) is 11.3. The van der Waals surface area contributed by atoms with Gasteiger partial charge in [0.05, 0.1) is 12.2 Å². The van der Waals surface area contributed by atoms with Crippen molar-refractivity contribution in [1.82, 2.24) is 15.3 Å². The second kappa shape index (κ2) is 5.77. The quantitative estimate of drug-likeness (QED) is 0.765. The summed E-state index contributed by atoms with van der Waals surface area (Å²) in [6.45, 7) is -0.362. The largest absolute Gasteiger partial charge is 0.481 e. The highest BCUT2D eigenvalue weighted by atomic mass is 35.5. The van der Waals surface area contributed by atoms with Crippen LogP contribution in [0.15, 0.2) is 12.4 Å². The highest BCUT2D eigenvalue weighted by molar-refractivity contribution is 6.30. The van der Waals surface area contributed by atoms with Crippen molar-refractivity contribution in [2.75, 3.05) is 0 Å². The number of carbonyl (C=O) groups is 2. The molecule has 4 rings (SSSR count). The van der Waals surface area contributed by atoms with Crippen LogP contribution in [0.25, 0.3) is 0 Å². The summed E-state index contributed by atoms with van der Waals surface area (Å²) in [4.78, 5) is 31.3. The van der Waals surface area contributed by atoms with Gasteiger partial charge in [-0.15, -0.1) is 0 Å². The molecule has 0 radical (unpaired) electrons. The van der Waals surface area contributed by atoms with Gasteiger partial charge in [0.2, 0.25) is 5.91 Å². The number of hydrogen-bond acceptors (Lipinski definition) is 4. The number of nitrogens with one attached hydrogen (secondary N) is 1. The van der Waals surface area contributed by atoms with E-state index in [1.165, 1.54) is 12.4 Å². The third-order valence-corrected chi connectivity index (χ3v) is 5.73. The molecule has 1 heterocycles. The van der Waals surface area contributed by atoms with Gasteiger partial charge in [-0.1, -0.05) is 11.6 Å². The Balaban J connectivity index is 1.88. The number of amides is 1. The van der Waals surface area contributed by atoms with Crippen LogP contribution in [0.3, 0.4) is 0 Å². The van der Waals surface area contributed by atoms with Crippen molar-refractivity contribution < 1.29 is 32.3 Å². The lowest BCUT2D eigenvalue weighted by molar-refractivity contribution is -0.296. The molecule has 2 unspecified atom stereocenters. The molecule has 1 amide bonds. The first kappa shape index (κ1) is 18.8. The van der Waals surface area contributed by atoms with Gasteiger partial charge in [0, 0.05) is 25.2 Å². The van der Waals surface area contributed by atoms with Crippen LogP contribution in [-0.2, 0) is 16.1 Å². The van der Waals surface area contributed by atoms with Crippen LogP contribution in [-0.4, -0.2) is 38.8 Å². The fourth-order valence-electron chi connectivity index (χ4n) is 3.82. The van der Waals surface area contributed by atoms with E-state index >= 15 is 0 Å². The Hall–Kier alpha value is -1.97. The SMILES string of the molecule is O=C(O)C12CCC(C(=O)NCc3nccnc3Cl)(CC1(F)F)C(F)(F)C2. The summed E-state index contributed by atoms with van der Waals surface area (Å²) in [6.07, 6.45) is -1.90. The summed E-state index contributed by atoms with van der Waals surface area (Å²) in [7, 11) is 0. The molecule has 2 N–H and O–H groups in total. The average Bonchev–Trinajstić information content (AvgIpc) is 2.54. The Labute approximate surface area is 150 Å². The van der Waals surface area contributed by atoms with Gasteiger partial charge in [-0.3, -0.25) is 14.6 Å². The summed E-state index contributed by atoms with van der Waals surface area (Å²) in [5.74, 6) is -11.1. The number of fused-ring (bicyclic) bond motifs is 3. The predicted molar refractivity (Wildman–Crippen MR) is 79.8 cm³/mol. The van der Waals surface area contributed by atoms with E-state index in [0.29, 0.717) is 0 Å². The number of aromatic nitrogens is 2. The van der Waals surface area contributed by atoms with Crippen molar-refractivity contribution in [1.29, 1.82) is 0 Å². The summed E-state index contributed by atoms with van der Waals surface area (Å²) in [5.41, 5.74) is -5.43. The molecule has 0 aliphatic heterocycles. The highest BCUT2D eigenvalue weighted by Gasteiger charge is 2.80. The molecule has 3 aliphatic carbocycles. The summed E-state index contributed by atoms with van der Waals surface area (Å²) >= 11 is 5.77. The first-order valence-corrected chi connectivity index (χ1v) is 8.08. The van der Waals surface area contributed by atoms with Crippen LogP contribution in [0.1, 0.15) is 31.4 Å². The Morgan fingerprint density at radius 3 is 2.15 bits per heavy atom. The molecule has 6 nitrogen and oxygen atoms in total. The molecule has 0 spiro atoms. The lowest BCUT2D eigenvalue weighted by Gasteiger charge is -2.57. The molecule has 2 atom stereocenters. The van der Waals surface area contributed by atoms with Crippen molar-refractivity contribution in [3.05, 3.63) is 23.2 Å². The van der Waals surface area contributed by atoms with E-state index in [4.69, 9.17) is 16.7 Å². The minimum Gasteiger partial charge on any atom is -0.481 e. The first-order valence-electron chi connectivity index (χ1n) is 7.70. The minimum absolute atomic E-state index is 0.0560. The normalized spacial score (nSPS) is 31.4. The first-order chi connectivity index (χ1) is 12.0. The lowest BCUT2D eigenvalue weighted by atomic mass is 9.49. The molecule has 142 valence electrons. The Kier molecular flexibility index (Phi) is 4.17. The second-order valence-electron chi connectivity index (χ2n) is 6.71. The fraction of sp³-hybridized carbons (Fsp3) is 0.600. The molecule has 3 fully saturated rings. The van der Waals surface area contributed by atoms with Crippen LogP contribution in [0, 0.1) is 10.8 Å². The molecule has 26 heavy (non-hydrogen) atoms. The number of carboxylic acid groups (broad SMARTS) is 1. The number of halogens is 5. The van der Waals surface area contributed by atoms with Crippen LogP contribution < -0.4 is 5.32 Å². The monoisotopic (exact) mass is 395 g/mol. The highest BCUT2D eigenvalue weighted by Crippen LogP contribution is 2.69. The van der Waals surface area contributed by atoms with Gasteiger partial charge in [-0.25, -0.2) is 22.5 Å². The van der Waals surface area contributed by atoms with Gasteiger partial charge in [0.25, 0.3) is 11.8 Å². The molecule has 0 saturated heterocycles. The van der Waals surface area contributed by atoms with Crippen molar-refractivity contribution in [2.24, 2.45) is 10.8 Å². The van der Waals surface area contributed by atoms with Gasteiger partial charge in [-0.05, 0) is 12.8 Å². The molecule has 11 heteroatoms. The molecule has 1 aromatic rings. The maximum Gasteiger partial charge on any atom is 0.316 e. The molecular formula is C15H14ClF4N3O3. The Bertz CT molecular complexity index is 778. The summed E-state index contributed by atoms with van der Waals surface area (Å²) in [6, 6.07) is 0. The van der Waals surface area contributed by atoms with Crippen LogP contribution in [0.5, 0.6) is 0 Å². The number of nitrogens with zero attached hydrogens (tertiary/aromatic N) is 2. The average molecular weight is 396 g/mol. The number of alkyl halides is 4. The zero-order chi connectivity index (χ0) is 19.4. The van der Waals surface area contributed by atoms with E-state index in [1.54, 1.807) is 0 Å².